The number of hydrogen-bond acceptors (Lipinski definition) is 2. The Morgan fingerprint density at radius 3 is 2.24 bits per heavy atom. The van der Waals surface area contributed by atoms with Gasteiger partial charge in [0.15, 0.2) is 0 Å². The first-order valence-corrected chi connectivity index (χ1v) is 18.1. The van der Waals surface area contributed by atoms with Crippen LogP contribution in [-0.2, 0) is 6.42 Å². The zero-order chi connectivity index (χ0) is 33.6. The summed E-state index contributed by atoms with van der Waals surface area (Å²) in [7, 11) is 0. The molecule has 2 aromatic heterocycles. The van der Waals surface area contributed by atoms with Crippen molar-refractivity contribution < 1.29 is 8.83 Å². The Labute approximate surface area is 296 Å². The zero-order valence-electron chi connectivity index (χ0n) is 28.3. The van der Waals surface area contributed by atoms with E-state index in [0.29, 0.717) is 5.92 Å². The SMILES string of the molecule is CC1C=Cc2c(cccc2-c2ccc(C3=C4C=CC=CC4C(c4cccc5oc6cc7oc8ccccc8c7cc6c45)c4ccccc43)cc2)C1. The Balaban J connectivity index is 1.08. The Kier molecular flexibility index (Phi) is 6.15. The highest BCUT2D eigenvalue weighted by Crippen LogP contribution is 2.52. The van der Waals surface area contributed by atoms with Crippen LogP contribution in [0.1, 0.15) is 46.2 Å². The van der Waals surface area contributed by atoms with E-state index in [4.69, 9.17) is 8.83 Å². The average molecular weight is 655 g/mol. The second-order valence-corrected chi connectivity index (χ2v) is 14.4. The zero-order valence-corrected chi connectivity index (χ0v) is 28.3. The molecule has 0 saturated heterocycles. The van der Waals surface area contributed by atoms with E-state index in [9.17, 15) is 0 Å². The number of benzene rings is 6. The molecule has 0 saturated carbocycles. The molecule has 242 valence electrons. The van der Waals surface area contributed by atoms with Crippen LogP contribution < -0.4 is 0 Å². The Morgan fingerprint density at radius 2 is 1.29 bits per heavy atom. The van der Waals surface area contributed by atoms with Gasteiger partial charge < -0.3 is 8.83 Å². The molecule has 0 bridgehead atoms. The first kappa shape index (κ1) is 28.7. The number of hydrogen-bond donors (Lipinski definition) is 0. The van der Waals surface area contributed by atoms with Crippen LogP contribution in [0, 0.1) is 11.8 Å². The monoisotopic (exact) mass is 654 g/mol. The van der Waals surface area contributed by atoms with Crippen LogP contribution in [-0.4, -0.2) is 0 Å². The molecule has 0 spiro atoms. The molecule has 8 aromatic rings. The van der Waals surface area contributed by atoms with Crippen molar-refractivity contribution in [1.29, 1.82) is 0 Å². The van der Waals surface area contributed by atoms with Gasteiger partial charge in [-0.3, -0.25) is 0 Å². The highest BCUT2D eigenvalue weighted by atomic mass is 16.3. The van der Waals surface area contributed by atoms with Crippen LogP contribution in [0.3, 0.4) is 0 Å². The van der Waals surface area contributed by atoms with Crippen LogP contribution in [0.15, 0.2) is 166 Å². The van der Waals surface area contributed by atoms with E-state index in [2.05, 4.69) is 153 Å². The minimum absolute atomic E-state index is 0.117. The van der Waals surface area contributed by atoms with Crippen molar-refractivity contribution in [1.82, 2.24) is 0 Å². The van der Waals surface area contributed by atoms with Gasteiger partial charge in [0.2, 0.25) is 0 Å². The average Bonchev–Trinajstić information content (AvgIpc) is 3.73. The van der Waals surface area contributed by atoms with Gasteiger partial charge in [0.1, 0.15) is 22.3 Å². The number of rotatable bonds is 3. The summed E-state index contributed by atoms with van der Waals surface area (Å²) in [6.45, 7) is 2.29. The van der Waals surface area contributed by atoms with E-state index in [-0.39, 0.29) is 11.8 Å². The first-order chi connectivity index (χ1) is 25.2. The predicted octanol–water partition coefficient (Wildman–Crippen LogP) is 13.0. The molecular weight excluding hydrogens is 621 g/mol. The summed E-state index contributed by atoms with van der Waals surface area (Å²) in [5, 5.41) is 4.56. The summed E-state index contributed by atoms with van der Waals surface area (Å²) in [5.74, 6) is 0.866. The molecule has 0 fully saturated rings. The van der Waals surface area contributed by atoms with E-state index in [1.165, 1.54) is 61.0 Å². The van der Waals surface area contributed by atoms with E-state index < -0.39 is 0 Å². The van der Waals surface area contributed by atoms with Crippen molar-refractivity contribution in [2.45, 2.75) is 19.3 Å². The molecular formula is C49H34O2. The maximum absolute atomic E-state index is 6.58. The van der Waals surface area contributed by atoms with Crippen LogP contribution in [0.2, 0.25) is 0 Å². The lowest BCUT2D eigenvalue weighted by molar-refractivity contribution is 0.647. The summed E-state index contributed by atoms with van der Waals surface area (Å²) >= 11 is 0. The second-order valence-electron chi connectivity index (χ2n) is 14.4. The maximum Gasteiger partial charge on any atom is 0.139 e. The van der Waals surface area contributed by atoms with Gasteiger partial charge in [-0.1, -0.05) is 140 Å². The van der Waals surface area contributed by atoms with Gasteiger partial charge in [0.05, 0.1) is 0 Å². The highest BCUT2D eigenvalue weighted by Gasteiger charge is 2.37. The smallest absolute Gasteiger partial charge is 0.139 e. The molecule has 0 aliphatic heterocycles. The van der Waals surface area contributed by atoms with E-state index in [0.717, 1.165) is 44.9 Å². The standard InChI is InChI=1S/C49H34O2/c1-29-20-25-34-32(26-29)10-8-16-33(34)30-21-23-31(24-22-30)47-36-12-2-4-14-38(36)48(39-15-5-3-13-37(39)47)40-17-9-19-44-49(40)42-27-41-35-11-6-7-18-43(35)50-45(41)28-46(42)51-44/h2-25,27-29,38,48H,26H2,1H3. The fraction of sp³-hybridized carbons (Fsp3) is 0.102. The topological polar surface area (TPSA) is 26.3 Å². The van der Waals surface area contributed by atoms with Crippen LogP contribution in [0.5, 0.6) is 0 Å². The molecule has 2 heteroatoms. The molecule has 6 aromatic carbocycles. The Morgan fingerprint density at radius 1 is 0.549 bits per heavy atom. The van der Waals surface area contributed by atoms with E-state index in [1.807, 2.05) is 12.1 Å². The fourth-order valence-corrected chi connectivity index (χ4v) is 9.19. The van der Waals surface area contributed by atoms with Gasteiger partial charge >= 0.3 is 0 Å². The number of fused-ring (bicyclic) bond motifs is 9. The Hall–Kier alpha value is -6.12. The summed E-state index contributed by atoms with van der Waals surface area (Å²) in [6.07, 6.45) is 14.9. The highest BCUT2D eigenvalue weighted by molar-refractivity contribution is 6.16. The Bertz CT molecular complexity index is 2850. The van der Waals surface area contributed by atoms with Gasteiger partial charge in [0.25, 0.3) is 0 Å². The summed E-state index contributed by atoms with van der Waals surface area (Å²) in [4.78, 5) is 0. The molecule has 2 heterocycles. The lowest BCUT2D eigenvalue weighted by Crippen LogP contribution is -2.23. The van der Waals surface area contributed by atoms with Crippen LogP contribution in [0.4, 0.5) is 0 Å². The largest absolute Gasteiger partial charge is 0.456 e. The number of furan rings is 2. The molecule has 2 nitrogen and oxygen atoms in total. The van der Waals surface area contributed by atoms with Crippen molar-refractivity contribution in [3.8, 4) is 11.1 Å². The molecule has 11 rings (SSSR count). The molecule has 3 atom stereocenters. The van der Waals surface area contributed by atoms with Crippen molar-refractivity contribution >= 4 is 55.5 Å². The molecule has 0 amide bonds. The van der Waals surface area contributed by atoms with Gasteiger partial charge in [-0.2, -0.15) is 0 Å². The predicted molar refractivity (Wildman–Crippen MR) is 211 cm³/mol. The summed E-state index contributed by atoms with van der Waals surface area (Å²) in [6, 6.07) is 44.3. The quantitative estimate of drug-likeness (QED) is 0.189. The normalized spacial score (nSPS) is 19.3. The molecule has 3 unspecified atom stereocenters. The van der Waals surface area contributed by atoms with Crippen molar-refractivity contribution in [3.63, 3.8) is 0 Å². The lowest BCUT2D eigenvalue weighted by Gasteiger charge is -2.37. The first-order valence-electron chi connectivity index (χ1n) is 18.1. The molecule has 3 aliphatic carbocycles. The van der Waals surface area contributed by atoms with Crippen molar-refractivity contribution in [3.05, 3.63) is 191 Å². The van der Waals surface area contributed by atoms with Gasteiger partial charge in [0, 0.05) is 39.4 Å². The van der Waals surface area contributed by atoms with Crippen molar-refractivity contribution in [2.75, 3.05) is 0 Å². The molecule has 51 heavy (non-hydrogen) atoms. The van der Waals surface area contributed by atoms with Crippen LogP contribution >= 0.6 is 0 Å². The third-order valence-electron chi connectivity index (χ3n) is 11.5. The van der Waals surface area contributed by atoms with Crippen LogP contribution in [0.25, 0.3) is 66.7 Å². The number of allylic oxidation sites excluding steroid dienone is 6. The molecule has 3 aliphatic rings. The fourth-order valence-electron chi connectivity index (χ4n) is 9.19. The minimum Gasteiger partial charge on any atom is -0.456 e. The summed E-state index contributed by atoms with van der Waals surface area (Å²) < 4.78 is 12.8. The maximum atomic E-state index is 6.58. The van der Waals surface area contributed by atoms with E-state index >= 15 is 0 Å². The number of para-hydroxylation sites is 1. The second kappa shape index (κ2) is 10.9. The third kappa shape index (κ3) is 4.29. The lowest BCUT2D eigenvalue weighted by atomic mass is 9.66. The minimum atomic E-state index is 0.117. The van der Waals surface area contributed by atoms with E-state index in [1.54, 1.807) is 0 Å². The third-order valence-corrected chi connectivity index (χ3v) is 11.5. The van der Waals surface area contributed by atoms with Crippen molar-refractivity contribution in [2.24, 2.45) is 11.8 Å². The summed E-state index contributed by atoms with van der Waals surface area (Å²) in [5.41, 5.74) is 16.7. The van der Waals surface area contributed by atoms with Gasteiger partial charge in [-0.25, -0.2) is 0 Å². The molecule has 0 radical (unpaired) electrons. The molecule has 0 N–H and O–H groups in total. The van der Waals surface area contributed by atoms with Gasteiger partial charge in [-0.05, 0) is 86.2 Å². The van der Waals surface area contributed by atoms with Gasteiger partial charge in [-0.15, -0.1) is 0 Å².